The van der Waals surface area contributed by atoms with Crippen molar-refractivity contribution in [3.63, 3.8) is 0 Å². The van der Waals surface area contributed by atoms with Gasteiger partial charge in [0, 0.05) is 17.4 Å². The van der Waals surface area contributed by atoms with Gasteiger partial charge in [-0.05, 0) is 49.7 Å². The zero-order valence-corrected chi connectivity index (χ0v) is 13.6. The Labute approximate surface area is 140 Å². The van der Waals surface area contributed by atoms with Crippen LogP contribution in [0.2, 0.25) is 0 Å². The summed E-state index contributed by atoms with van der Waals surface area (Å²) in [7, 11) is 0. The normalized spacial score (nSPS) is 10.3. The highest BCUT2D eigenvalue weighted by Crippen LogP contribution is 2.14. The van der Waals surface area contributed by atoms with E-state index in [1.807, 2.05) is 13.8 Å². The van der Waals surface area contributed by atoms with Crippen molar-refractivity contribution in [2.24, 2.45) is 0 Å². The quantitative estimate of drug-likeness (QED) is 0.785. The van der Waals surface area contributed by atoms with Gasteiger partial charge in [-0.25, -0.2) is 9.18 Å². The Morgan fingerprint density at radius 3 is 2.12 bits per heavy atom. The third-order valence-corrected chi connectivity index (χ3v) is 3.16. The van der Waals surface area contributed by atoms with E-state index < -0.39 is 5.82 Å². The van der Waals surface area contributed by atoms with E-state index in [4.69, 9.17) is 0 Å². The molecule has 0 saturated heterocycles. The van der Waals surface area contributed by atoms with Crippen molar-refractivity contribution in [3.05, 3.63) is 59.9 Å². The minimum atomic E-state index is -0.400. The van der Waals surface area contributed by atoms with Gasteiger partial charge in [0.05, 0.1) is 6.42 Å². The molecule has 2 aromatic carbocycles. The Bertz CT molecular complexity index is 714. The first kappa shape index (κ1) is 17.5. The number of amides is 3. The molecule has 0 fully saturated rings. The predicted molar refractivity (Wildman–Crippen MR) is 92.5 cm³/mol. The fourth-order valence-electron chi connectivity index (χ4n) is 2.09. The molecule has 3 N–H and O–H groups in total. The summed E-state index contributed by atoms with van der Waals surface area (Å²) in [6.45, 7) is 3.74. The number of halogens is 1. The summed E-state index contributed by atoms with van der Waals surface area (Å²) in [6.07, 6.45) is -0.0382. The highest BCUT2D eigenvalue weighted by Gasteiger charge is 2.08. The van der Waals surface area contributed by atoms with Crippen LogP contribution in [0.4, 0.5) is 20.6 Å². The predicted octanol–water partition coefficient (Wildman–Crippen LogP) is 3.54. The topological polar surface area (TPSA) is 70.2 Å². The molecule has 6 heteroatoms. The summed E-state index contributed by atoms with van der Waals surface area (Å²) in [4.78, 5) is 23.6. The van der Waals surface area contributed by atoms with E-state index in [0.29, 0.717) is 16.9 Å². The summed E-state index contributed by atoms with van der Waals surface area (Å²) >= 11 is 0. The number of benzene rings is 2. The maximum absolute atomic E-state index is 13.5. The number of carbonyl (C=O) groups is 2. The number of hydrogen-bond acceptors (Lipinski definition) is 2. The lowest BCUT2D eigenvalue weighted by Crippen LogP contribution is -2.34. The number of nitrogens with one attached hydrogen (secondary N) is 3. The van der Waals surface area contributed by atoms with Gasteiger partial charge in [0.15, 0.2) is 0 Å². The standard InChI is InChI=1S/C18H20FN3O2/c1-12(2)20-18(24)22-15-9-7-14(8-10-15)21-17(23)11-13-5-3-4-6-16(13)19/h3-10,12H,11H2,1-2H3,(H,21,23)(H2,20,22,24). The van der Waals surface area contributed by atoms with Gasteiger partial charge in [0.2, 0.25) is 5.91 Å². The summed E-state index contributed by atoms with van der Waals surface area (Å²) in [6, 6.07) is 12.6. The number of urea groups is 1. The molecule has 0 aliphatic carbocycles. The summed E-state index contributed by atoms with van der Waals surface area (Å²) in [5.41, 5.74) is 1.53. The molecule has 24 heavy (non-hydrogen) atoms. The molecule has 2 rings (SSSR count). The number of rotatable bonds is 5. The maximum Gasteiger partial charge on any atom is 0.319 e. The van der Waals surface area contributed by atoms with Crippen molar-refractivity contribution in [1.29, 1.82) is 0 Å². The van der Waals surface area contributed by atoms with E-state index in [1.165, 1.54) is 6.07 Å². The lowest BCUT2D eigenvalue weighted by Gasteiger charge is -2.11. The van der Waals surface area contributed by atoms with Gasteiger partial charge in [-0.2, -0.15) is 0 Å². The van der Waals surface area contributed by atoms with Gasteiger partial charge in [-0.3, -0.25) is 4.79 Å². The third-order valence-electron chi connectivity index (χ3n) is 3.16. The van der Waals surface area contributed by atoms with Crippen molar-refractivity contribution in [2.45, 2.75) is 26.3 Å². The van der Waals surface area contributed by atoms with Crippen LogP contribution < -0.4 is 16.0 Å². The van der Waals surface area contributed by atoms with Crippen molar-refractivity contribution < 1.29 is 14.0 Å². The van der Waals surface area contributed by atoms with Gasteiger partial charge in [-0.15, -0.1) is 0 Å². The van der Waals surface area contributed by atoms with Crippen LogP contribution in [0.1, 0.15) is 19.4 Å². The van der Waals surface area contributed by atoms with E-state index >= 15 is 0 Å². The molecule has 3 amide bonds. The Morgan fingerprint density at radius 2 is 1.54 bits per heavy atom. The highest BCUT2D eigenvalue weighted by atomic mass is 19.1. The molecule has 0 saturated carbocycles. The Hall–Kier alpha value is -2.89. The SMILES string of the molecule is CC(C)NC(=O)Nc1ccc(NC(=O)Cc2ccccc2F)cc1. The van der Waals surface area contributed by atoms with E-state index in [-0.39, 0.29) is 24.4 Å². The van der Waals surface area contributed by atoms with Gasteiger partial charge < -0.3 is 16.0 Å². The monoisotopic (exact) mass is 329 g/mol. The summed E-state index contributed by atoms with van der Waals surface area (Å²) < 4.78 is 13.5. The molecular weight excluding hydrogens is 309 g/mol. The summed E-state index contributed by atoms with van der Waals surface area (Å²) in [5.74, 6) is -0.707. The highest BCUT2D eigenvalue weighted by molar-refractivity contribution is 5.93. The number of hydrogen-bond donors (Lipinski definition) is 3. The average Bonchev–Trinajstić information content (AvgIpc) is 2.51. The molecular formula is C18H20FN3O2. The van der Waals surface area contributed by atoms with Crippen molar-refractivity contribution in [2.75, 3.05) is 10.6 Å². The molecule has 0 aromatic heterocycles. The molecule has 0 heterocycles. The Kier molecular flexibility index (Phi) is 5.89. The third kappa shape index (κ3) is 5.39. The van der Waals surface area contributed by atoms with Crippen molar-refractivity contribution >= 4 is 23.3 Å². The van der Waals surface area contributed by atoms with E-state index in [2.05, 4.69) is 16.0 Å². The second kappa shape index (κ2) is 8.10. The molecule has 0 unspecified atom stereocenters. The molecule has 0 aliphatic rings. The van der Waals surface area contributed by atoms with E-state index in [1.54, 1.807) is 42.5 Å². The zero-order chi connectivity index (χ0) is 17.5. The Balaban J connectivity index is 1.90. The maximum atomic E-state index is 13.5. The molecule has 0 spiro atoms. The first-order valence-electron chi connectivity index (χ1n) is 7.65. The molecule has 0 radical (unpaired) electrons. The Morgan fingerprint density at radius 1 is 0.958 bits per heavy atom. The second-order valence-corrected chi connectivity index (χ2v) is 5.65. The molecule has 0 aliphatic heterocycles. The van der Waals surface area contributed by atoms with E-state index in [0.717, 1.165) is 0 Å². The number of anilines is 2. The second-order valence-electron chi connectivity index (χ2n) is 5.65. The summed E-state index contributed by atoms with van der Waals surface area (Å²) in [5, 5.41) is 8.10. The average molecular weight is 329 g/mol. The number of carbonyl (C=O) groups excluding carboxylic acids is 2. The van der Waals surface area contributed by atoms with Crippen molar-refractivity contribution in [1.82, 2.24) is 5.32 Å². The van der Waals surface area contributed by atoms with Crippen LogP contribution in [0.3, 0.4) is 0 Å². The van der Waals surface area contributed by atoms with Crippen LogP contribution >= 0.6 is 0 Å². The van der Waals surface area contributed by atoms with E-state index in [9.17, 15) is 14.0 Å². The van der Waals surface area contributed by atoms with Gasteiger partial charge in [0.25, 0.3) is 0 Å². The van der Waals surface area contributed by atoms with Gasteiger partial charge in [-0.1, -0.05) is 18.2 Å². The van der Waals surface area contributed by atoms with Gasteiger partial charge >= 0.3 is 6.03 Å². The lowest BCUT2D eigenvalue weighted by molar-refractivity contribution is -0.115. The minimum Gasteiger partial charge on any atom is -0.336 e. The van der Waals surface area contributed by atoms with Crippen LogP contribution in [0, 0.1) is 5.82 Å². The molecule has 0 atom stereocenters. The molecule has 2 aromatic rings. The van der Waals surface area contributed by atoms with Crippen LogP contribution in [0.5, 0.6) is 0 Å². The molecule has 5 nitrogen and oxygen atoms in total. The minimum absolute atomic E-state index is 0.0382. The lowest BCUT2D eigenvalue weighted by atomic mass is 10.1. The largest absolute Gasteiger partial charge is 0.336 e. The van der Waals surface area contributed by atoms with Crippen molar-refractivity contribution in [3.8, 4) is 0 Å². The van der Waals surface area contributed by atoms with Crippen LogP contribution in [0.25, 0.3) is 0 Å². The first-order chi connectivity index (χ1) is 11.4. The smallest absolute Gasteiger partial charge is 0.319 e. The first-order valence-corrected chi connectivity index (χ1v) is 7.65. The zero-order valence-electron chi connectivity index (χ0n) is 13.6. The fourth-order valence-corrected chi connectivity index (χ4v) is 2.09. The fraction of sp³-hybridized carbons (Fsp3) is 0.222. The molecule has 0 bridgehead atoms. The molecule has 126 valence electrons. The van der Waals surface area contributed by atoms with Crippen LogP contribution in [-0.2, 0) is 11.2 Å². The van der Waals surface area contributed by atoms with Gasteiger partial charge in [0.1, 0.15) is 5.82 Å². The van der Waals surface area contributed by atoms with Crippen LogP contribution in [-0.4, -0.2) is 18.0 Å². The van der Waals surface area contributed by atoms with Crippen LogP contribution in [0.15, 0.2) is 48.5 Å².